The molecule has 1 aliphatic carbocycles. The molecule has 2 aromatic heterocycles. The maximum absolute atomic E-state index is 13.1. The van der Waals surface area contributed by atoms with Crippen molar-refractivity contribution in [2.75, 3.05) is 7.11 Å². The topological polar surface area (TPSA) is 106 Å². The zero-order valence-corrected chi connectivity index (χ0v) is 15.7. The van der Waals surface area contributed by atoms with E-state index in [4.69, 9.17) is 4.74 Å². The fraction of sp³-hybridized carbons (Fsp3) is 0.211. The number of sulfone groups is 1. The number of methoxy groups -OCH3 is 1. The third-order valence-electron chi connectivity index (χ3n) is 5.04. The number of rotatable bonds is 4. The summed E-state index contributed by atoms with van der Waals surface area (Å²) in [6.45, 7) is 0. The molecule has 0 bridgehead atoms. The minimum Gasteiger partial charge on any atom is -0.497 e. The van der Waals surface area contributed by atoms with Gasteiger partial charge in [0.25, 0.3) is 5.56 Å². The number of aromatic nitrogens is 4. The number of nitrogens with zero attached hydrogens (tertiary/aromatic N) is 3. The smallest absolute Gasteiger partial charge is 0.259 e. The molecule has 2 aromatic carbocycles. The van der Waals surface area contributed by atoms with Gasteiger partial charge in [-0.2, -0.15) is 4.52 Å². The Bertz CT molecular complexity index is 1380. The molecular weight excluding hydrogens is 380 g/mol. The van der Waals surface area contributed by atoms with Crippen molar-refractivity contribution in [3.8, 4) is 5.75 Å². The van der Waals surface area contributed by atoms with Crippen LogP contribution in [0.5, 0.6) is 5.75 Å². The van der Waals surface area contributed by atoms with Crippen LogP contribution in [0.2, 0.25) is 0 Å². The standard InChI is InChI=1S/C19H16N4O4S/c1-27-13-6-9-15-16(10-13)23-17(20-18(15)24)19(21-22-23)28(25,26)14-7-4-12(5-8-14)11-2-3-11/h4-11H,2-3H2,1H3,(H,20,24). The number of nitrogens with one attached hydrogen (secondary N) is 1. The molecule has 0 spiro atoms. The van der Waals surface area contributed by atoms with Gasteiger partial charge in [-0.15, -0.1) is 5.10 Å². The fourth-order valence-electron chi connectivity index (χ4n) is 3.35. The zero-order valence-electron chi connectivity index (χ0n) is 14.9. The highest BCUT2D eigenvalue weighted by atomic mass is 32.2. The van der Waals surface area contributed by atoms with Gasteiger partial charge in [-0.1, -0.05) is 17.3 Å². The first-order valence-corrected chi connectivity index (χ1v) is 10.3. The molecule has 1 fully saturated rings. The van der Waals surface area contributed by atoms with Gasteiger partial charge < -0.3 is 9.72 Å². The molecule has 0 amide bonds. The zero-order chi connectivity index (χ0) is 19.5. The molecule has 9 heteroatoms. The van der Waals surface area contributed by atoms with Crippen molar-refractivity contribution in [2.24, 2.45) is 0 Å². The summed E-state index contributed by atoms with van der Waals surface area (Å²) >= 11 is 0. The molecule has 0 saturated heterocycles. The summed E-state index contributed by atoms with van der Waals surface area (Å²) in [6.07, 6.45) is 2.28. The van der Waals surface area contributed by atoms with E-state index in [1.165, 1.54) is 11.6 Å². The van der Waals surface area contributed by atoms with E-state index in [0.717, 1.165) is 18.4 Å². The predicted octanol–water partition coefficient (Wildman–Crippen LogP) is 2.29. The Balaban J connectivity index is 1.71. The lowest BCUT2D eigenvalue weighted by molar-refractivity contribution is 0.415. The average molecular weight is 396 g/mol. The van der Waals surface area contributed by atoms with Crippen molar-refractivity contribution >= 4 is 26.4 Å². The quantitative estimate of drug-likeness (QED) is 0.567. The van der Waals surface area contributed by atoms with Crippen LogP contribution in [0, 0.1) is 0 Å². The third-order valence-corrected chi connectivity index (χ3v) is 6.72. The van der Waals surface area contributed by atoms with E-state index in [0.29, 0.717) is 22.6 Å². The summed E-state index contributed by atoms with van der Waals surface area (Å²) in [7, 11) is -2.43. The Morgan fingerprint density at radius 3 is 2.57 bits per heavy atom. The van der Waals surface area contributed by atoms with Crippen LogP contribution in [-0.4, -0.2) is 35.3 Å². The Labute approximate surface area is 159 Å². The summed E-state index contributed by atoms with van der Waals surface area (Å²) in [5.74, 6) is 1.06. The lowest BCUT2D eigenvalue weighted by Gasteiger charge is -2.05. The first kappa shape index (κ1) is 16.9. The van der Waals surface area contributed by atoms with Crippen molar-refractivity contribution < 1.29 is 13.2 Å². The second kappa shape index (κ2) is 5.90. The molecule has 142 valence electrons. The minimum atomic E-state index is -3.94. The number of benzene rings is 2. The SMILES string of the molecule is COc1ccc2c(=O)[nH]c3c(S(=O)(=O)c4ccc(C5CC5)cc4)nnn3c2c1. The Morgan fingerprint density at radius 1 is 1.14 bits per heavy atom. The van der Waals surface area contributed by atoms with Gasteiger partial charge in [-0.25, -0.2) is 8.42 Å². The number of fused-ring (bicyclic) bond motifs is 3. The monoisotopic (exact) mass is 396 g/mol. The molecule has 5 rings (SSSR count). The van der Waals surface area contributed by atoms with Crippen molar-refractivity contribution in [3.05, 3.63) is 58.4 Å². The van der Waals surface area contributed by atoms with E-state index in [9.17, 15) is 13.2 Å². The number of ether oxygens (including phenoxy) is 1. The predicted molar refractivity (Wildman–Crippen MR) is 102 cm³/mol. The molecule has 2 heterocycles. The van der Waals surface area contributed by atoms with Crippen molar-refractivity contribution in [1.82, 2.24) is 19.8 Å². The van der Waals surface area contributed by atoms with Crippen molar-refractivity contribution in [2.45, 2.75) is 28.7 Å². The third kappa shape index (κ3) is 2.50. The van der Waals surface area contributed by atoms with E-state index in [2.05, 4.69) is 15.3 Å². The molecular formula is C19H16N4O4S. The lowest BCUT2D eigenvalue weighted by atomic mass is 10.1. The highest BCUT2D eigenvalue weighted by Gasteiger charge is 2.28. The number of hydrogen-bond acceptors (Lipinski definition) is 6. The highest BCUT2D eigenvalue weighted by Crippen LogP contribution is 2.40. The summed E-state index contributed by atoms with van der Waals surface area (Å²) in [5, 5.41) is 7.92. The number of aromatic amines is 1. The molecule has 0 aliphatic heterocycles. The van der Waals surface area contributed by atoms with Crippen LogP contribution in [0.1, 0.15) is 24.3 Å². The van der Waals surface area contributed by atoms with Crippen molar-refractivity contribution in [1.29, 1.82) is 0 Å². The number of H-pyrrole nitrogens is 1. The van der Waals surface area contributed by atoms with Gasteiger partial charge in [0.15, 0.2) is 5.65 Å². The number of hydrogen-bond donors (Lipinski definition) is 1. The summed E-state index contributed by atoms with van der Waals surface area (Å²) in [5.41, 5.74) is 1.15. The van der Waals surface area contributed by atoms with Gasteiger partial charge >= 0.3 is 0 Å². The molecule has 4 aromatic rings. The van der Waals surface area contributed by atoms with Crippen LogP contribution in [0.4, 0.5) is 0 Å². The van der Waals surface area contributed by atoms with Crippen LogP contribution in [0.3, 0.4) is 0 Å². The normalized spacial score (nSPS) is 14.6. The maximum atomic E-state index is 13.1. The van der Waals surface area contributed by atoms with E-state index in [1.54, 1.807) is 30.3 Å². The Morgan fingerprint density at radius 2 is 1.89 bits per heavy atom. The van der Waals surface area contributed by atoms with Crippen LogP contribution < -0.4 is 10.3 Å². The summed E-state index contributed by atoms with van der Waals surface area (Å²) < 4.78 is 32.7. The van der Waals surface area contributed by atoms with Gasteiger partial charge in [-0.3, -0.25) is 4.79 Å². The first-order valence-electron chi connectivity index (χ1n) is 8.79. The second-order valence-electron chi connectivity index (χ2n) is 6.84. The molecule has 0 unspecified atom stereocenters. The second-order valence-corrected chi connectivity index (χ2v) is 8.70. The molecule has 8 nitrogen and oxygen atoms in total. The van der Waals surface area contributed by atoms with Gasteiger partial charge in [0.2, 0.25) is 14.9 Å². The van der Waals surface area contributed by atoms with E-state index in [1.807, 2.05) is 12.1 Å². The molecule has 1 saturated carbocycles. The molecule has 28 heavy (non-hydrogen) atoms. The minimum absolute atomic E-state index is 0.0250. The van der Waals surface area contributed by atoms with Gasteiger partial charge in [0.1, 0.15) is 5.75 Å². The van der Waals surface area contributed by atoms with Gasteiger partial charge in [-0.05, 0) is 48.6 Å². The van der Waals surface area contributed by atoms with Crippen molar-refractivity contribution in [3.63, 3.8) is 0 Å². The highest BCUT2D eigenvalue weighted by molar-refractivity contribution is 7.91. The Hall–Kier alpha value is -3.20. The molecule has 1 aliphatic rings. The van der Waals surface area contributed by atoms with Crippen LogP contribution in [-0.2, 0) is 9.84 Å². The molecule has 1 N–H and O–H groups in total. The van der Waals surface area contributed by atoms with Crippen LogP contribution >= 0.6 is 0 Å². The van der Waals surface area contributed by atoms with E-state index >= 15 is 0 Å². The van der Waals surface area contributed by atoms with Gasteiger partial charge in [0, 0.05) is 6.07 Å². The van der Waals surface area contributed by atoms with E-state index < -0.39 is 15.4 Å². The first-order chi connectivity index (χ1) is 13.5. The lowest BCUT2D eigenvalue weighted by Crippen LogP contribution is -2.12. The molecule has 0 atom stereocenters. The maximum Gasteiger partial charge on any atom is 0.259 e. The largest absolute Gasteiger partial charge is 0.497 e. The summed E-state index contributed by atoms with van der Waals surface area (Å²) in [6, 6.07) is 11.7. The van der Waals surface area contributed by atoms with Crippen LogP contribution in [0.25, 0.3) is 16.6 Å². The van der Waals surface area contributed by atoms with E-state index in [-0.39, 0.29) is 15.6 Å². The average Bonchev–Trinajstić information content (AvgIpc) is 3.47. The Kier molecular flexibility index (Phi) is 3.57. The van der Waals surface area contributed by atoms with Crippen LogP contribution in [0.15, 0.2) is 57.2 Å². The summed E-state index contributed by atoms with van der Waals surface area (Å²) in [4.78, 5) is 15.2. The molecule has 0 radical (unpaired) electrons. The fourth-order valence-corrected chi connectivity index (χ4v) is 4.61. The van der Waals surface area contributed by atoms with Gasteiger partial charge in [0.05, 0.1) is 22.9 Å².